The van der Waals surface area contributed by atoms with Crippen LogP contribution in [-0.4, -0.2) is 27.5 Å². The molecule has 3 N–H and O–H groups in total. The largest absolute Gasteiger partial charge is 0.383 e. The molecule has 0 saturated heterocycles. The standard InChI is InChI=1S/C10H19N3O2S/c1-7(2)5-16-6-9-12-10(15-13-9)8(14)3-4-11/h7-8,14H,3-6,11H2,1-2H3. The van der Waals surface area contributed by atoms with Crippen LogP contribution in [0, 0.1) is 5.92 Å². The van der Waals surface area contributed by atoms with Crippen molar-refractivity contribution in [1.29, 1.82) is 0 Å². The van der Waals surface area contributed by atoms with Gasteiger partial charge in [-0.1, -0.05) is 19.0 Å². The summed E-state index contributed by atoms with van der Waals surface area (Å²) in [6.07, 6.45) is -0.290. The van der Waals surface area contributed by atoms with Gasteiger partial charge in [0.25, 0.3) is 5.89 Å². The van der Waals surface area contributed by atoms with Crippen LogP contribution >= 0.6 is 11.8 Å². The molecule has 6 heteroatoms. The Morgan fingerprint density at radius 1 is 1.50 bits per heavy atom. The molecule has 0 aliphatic heterocycles. The summed E-state index contributed by atoms with van der Waals surface area (Å²) in [5.74, 6) is 3.34. The van der Waals surface area contributed by atoms with Gasteiger partial charge in [-0.15, -0.1) is 0 Å². The number of nitrogens with zero attached hydrogens (tertiary/aromatic N) is 2. The van der Waals surface area contributed by atoms with Crippen LogP contribution in [0.1, 0.15) is 38.1 Å². The summed E-state index contributed by atoms with van der Waals surface area (Å²) >= 11 is 1.76. The highest BCUT2D eigenvalue weighted by Crippen LogP contribution is 2.17. The molecule has 92 valence electrons. The Labute approximate surface area is 99.8 Å². The number of aromatic nitrogens is 2. The second-order valence-corrected chi connectivity index (χ2v) is 5.08. The predicted molar refractivity (Wildman–Crippen MR) is 63.9 cm³/mol. The van der Waals surface area contributed by atoms with Crippen LogP contribution < -0.4 is 5.73 Å². The van der Waals surface area contributed by atoms with Crippen LogP contribution in [0.2, 0.25) is 0 Å². The third-order valence-electron chi connectivity index (χ3n) is 1.89. The second kappa shape index (κ2) is 6.88. The quantitative estimate of drug-likeness (QED) is 0.754. The zero-order valence-electron chi connectivity index (χ0n) is 9.72. The molecule has 0 spiro atoms. The minimum atomic E-state index is -0.735. The molecule has 0 radical (unpaired) electrons. The summed E-state index contributed by atoms with van der Waals surface area (Å²) in [5.41, 5.74) is 5.33. The zero-order chi connectivity index (χ0) is 12.0. The molecule has 1 unspecified atom stereocenters. The van der Waals surface area contributed by atoms with Gasteiger partial charge in [0.2, 0.25) is 0 Å². The fourth-order valence-electron chi connectivity index (χ4n) is 1.13. The van der Waals surface area contributed by atoms with Gasteiger partial charge in [0.15, 0.2) is 5.82 Å². The summed E-state index contributed by atoms with van der Waals surface area (Å²) in [6, 6.07) is 0. The van der Waals surface area contributed by atoms with E-state index in [0.717, 1.165) is 11.5 Å². The molecular weight excluding hydrogens is 226 g/mol. The van der Waals surface area contributed by atoms with Gasteiger partial charge in [0, 0.05) is 0 Å². The fourth-order valence-corrected chi connectivity index (χ4v) is 2.02. The Morgan fingerprint density at radius 3 is 2.88 bits per heavy atom. The first-order valence-electron chi connectivity index (χ1n) is 5.41. The minimum Gasteiger partial charge on any atom is -0.383 e. The topological polar surface area (TPSA) is 85.2 Å². The number of rotatable bonds is 7. The Bertz CT molecular complexity index is 304. The van der Waals surface area contributed by atoms with Gasteiger partial charge in [-0.05, 0) is 24.6 Å². The van der Waals surface area contributed by atoms with Crippen molar-refractivity contribution in [2.75, 3.05) is 12.3 Å². The molecule has 1 atom stereocenters. The highest BCUT2D eigenvalue weighted by Gasteiger charge is 2.15. The lowest BCUT2D eigenvalue weighted by atomic mass is 10.2. The van der Waals surface area contributed by atoms with Gasteiger partial charge in [0.1, 0.15) is 6.10 Å². The summed E-state index contributed by atoms with van der Waals surface area (Å²) in [5, 5.41) is 13.4. The van der Waals surface area contributed by atoms with Crippen molar-refractivity contribution in [1.82, 2.24) is 10.1 Å². The molecule has 0 fully saturated rings. The van der Waals surface area contributed by atoms with Crippen molar-refractivity contribution in [3.05, 3.63) is 11.7 Å². The van der Waals surface area contributed by atoms with E-state index in [9.17, 15) is 5.11 Å². The van der Waals surface area contributed by atoms with Gasteiger partial charge >= 0.3 is 0 Å². The number of thioether (sulfide) groups is 1. The van der Waals surface area contributed by atoms with E-state index in [2.05, 4.69) is 24.0 Å². The van der Waals surface area contributed by atoms with Gasteiger partial charge < -0.3 is 15.4 Å². The summed E-state index contributed by atoms with van der Waals surface area (Å²) < 4.78 is 4.96. The van der Waals surface area contributed by atoms with Gasteiger partial charge in [-0.2, -0.15) is 16.7 Å². The Morgan fingerprint density at radius 2 is 2.25 bits per heavy atom. The molecule has 0 saturated carbocycles. The van der Waals surface area contributed by atoms with E-state index in [1.54, 1.807) is 11.8 Å². The molecule has 1 heterocycles. The number of hydrogen-bond acceptors (Lipinski definition) is 6. The van der Waals surface area contributed by atoms with E-state index in [-0.39, 0.29) is 5.89 Å². The Hall–Kier alpha value is -0.590. The number of aliphatic hydroxyl groups is 1. The molecule has 1 aromatic heterocycles. The first-order chi connectivity index (χ1) is 7.63. The average molecular weight is 245 g/mol. The number of nitrogens with two attached hydrogens (primary N) is 1. The van der Waals surface area contributed by atoms with Crippen LogP contribution in [0.15, 0.2) is 4.52 Å². The van der Waals surface area contributed by atoms with Crippen LogP contribution in [0.4, 0.5) is 0 Å². The van der Waals surface area contributed by atoms with E-state index in [4.69, 9.17) is 10.3 Å². The average Bonchev–Trinajstić information content (AvgIpc) is 2.66. The molecule has 0 aliphatic carbocycles. The molecule has 0 amide bonds. The molecular formula is C10H19N3O2S. The van der Waals surface area contributed by atoms with Crippen molar-refractivity contribution in [3.8, 4) is 0 Å². The molecule has 16 heavy (non-hydrogen) atoms. The summed E-state index contributed by atoms with van der Waals surface area (Å²) in [4.78, 5) is 4.12. The predicted octanol–water partition coefficient (Wildman–Crippen LogP) is 1.34. The van der Waals surface area contributed by atoms with Gasteiger partial charge in [0.05, 0.1) is 5.75 Å². The monoisotopic (exact) mass is 245 g/mol. The van der Waals surface area contributed by atoms with Crippen molar-refractivity contribution < 1.29 is 9.63 Å². The lowest BCUT2D eigenvalue weighted by Gasteiger charge is -2.01. The maximum atomic E-state index is 9.56. The number of hydrogen-bond donors (Lipinski definition) is 2. The van der Waals surface area contributed by atoms with Crippen LogP contribution in [-0.2, 0) is 5.75 Å². The molecule has 1 rings (SSSR count). The third-order valence-corrected chi connectivity index (χ3v) is 3.26. The van der Waals surface area contributed by atoms with Crippen molar-refractivity contribution in [3.63, 3.8) is 0 Å². The van der Waals surface area contributed by atoms with E-state index < -0.39 is 6.10 Å². The summed E-state index contributed by atoms with van der Waals surface area (Å²) in [6.45, 7) is 4.74. The highest BCUT2D eigenvalue weighted by atomic mass is 32.2. The van der Waals surface area contributed by atoms with Crippen LogP contribution in [0.3, 0.4) is 0 Å². The van der Waals surface area contributed by atoms with E-state index in [0.29, 0.717) is 24.7 Å². The molecule has 5 nitrogen and oxygen atoms in total. The van der Waals surface area contributed by atoms with Crippen molar-refractivity contribution in [2.45, 2.75) is 32.1 Å². The lowest BCUT2D eigenvalue weighted by Crippen LogP contribution is -2.07. The minimum absolute atomic E-state index is 0.269. The normalized spacial score (nSPS) is 13.3. The SMILES string of the molecule is CC(C)CSCc1noc(C(O)CCN)n1. The third kappa shape index (κ3) is 4.51. The van der Waals surface area contributed by atoms with Crippen molar-refractivity contribution >= 4 is 11.8 Å². The maximum Gasteiger partial charge on any atom is 0.255 e. The van der Waals surface area contributed by atoms with E-state index in [1.807, 2.05) is 0 Å². The zero-order valence-corrected chi connectivity index (χ0v) is 10.5. The number of aliphatic hydroxyl groups excluding tert-OH is 1. The molecule has 1 aromatic rings. The fraction of sp³-hybridized carbons (Fsp3) is 0.800. The highest BCUT2D eigenvalue weighted by molar-refractivity contribution is 7.98. The molecule has 0 aromatic carbocycles. The molecule has 0 aliphatic rings. The first-order valence-corrected chi connectivity index (χ1v) is 6.57. The van der Waals surface area contributed by atoms with Gasteiger partial charge in [-0.25, -0.2) is 0 Å². The molecule has 0 bridgehead atoms. The lowest BCUT2D eigenvalue weighted by molar-refractivity contribution is 0.127. The van der Waals surface area contributed by atoms with Crippen molar-refractivity contribution in [2.24, 2.45) is 11.7 Å². The van der Waals surface area contributed by atoms with Crippen LogP contribution in [0.25, 0.3) is 0 Å². The second-order valence-electron chi connectivity index (χ2n) is 4.05. The maximum absolute atomic E-state index is 9.56. The smallest absolute Gasteiger partial charge is 0.255 e. The van der Waals surface area contributed by atoms with Gasteiger partial charge in [-0.3, -0.25) is 0 Å². The summed E-state index contributed by atoms with van der Waals surface area (Å²) in [7, 11) is 0. The van der Waals surface area contributed by atoms with Crippen LogP contribution in [0.5, 0.6) is 0 Å². The Kier molecular flexibility index (Phi) is 5.79. The van der Waals surface area contributed by atoms with E-state index in [1.165, 1.54) is 0 Å². The van der Waals surface area contributed by atoms with E-state index >= 15 is 0 Å². The Balaban J connectivity index is 2.39. The first kappa shape index (κ1) is 13.5.